The molecule has 1 fully saturated rings. The Labute approximate surface area is 134 Å². The van der Waals surface area contributed by atoms with E-state index in [2.05, 4.69) is 20.8 Å². The quantitative estimate of drug-likeness (QED) is 0.427. The van der Waals surface area contributed by atoms with Gasteiger partial charge in [0.1, 0.15) is 0 Å². The zero-order valence-corrected chi connectivity index (χ0v) is 15.2. The van der Waals surface area contributed by atoms with Gasteiger partial charge in [-0.15, -0.1) is 0 Å². The van der Waals surface area contributed by atoms with E-state index >= 15 is 0 Å². The van der Waals surface area contributed by atoms with E-state index in [1.165, 1.54) is 96.3 Å². The van der Waals surface area contributed by atoms with Crippen LogP contribution in [0.4, 0.5) is 0 Å². The Kier molecular flexibility index (Phi) is 8.94. The molecule has 0 spiro atoms. The zero-order valence-electron chi connectivity index (χ0n) is 15.2. The second-order valence-corrected chi connectivity index (χ2v) is 8.18. The number of hydrogen-bond donors (Lipinski definition) is 1. The molecule has 0 amide bonds. The van der Waals surface area contributed by atoms with E-state index in [1.807, 2.05) is 0 Å². The molecule has 0 radical (unpaired) electrons. The lowest BCUT2D eigenvalue weighted by Crippen LogP contribution is -2.54. The summed E-state index contributed by atoms with van der Waals surface area (Å²) in [4.78, 5) is 0. The van der Waals surface area contributed by atoms with Crippen LogP contribution in [0.25, 0.3) is 0 Å². The number of rotatable bonds is 11. The highest BCUT2D eigenvalue weighted by Crippen LogP contribution is 2.44. The van der Waals surface area contributed by atoms with Crippen molar-refractivity contribution in [3.63, 3.8) is 0 Å². The van der Waals surface area contributed by atoms with Gasteiger partial charge in [-0.3, -0.25) is 0 Å². The predicted molar refractivity (Wildman–Crippen MR) is 95.6 cm³/mol. The number of hydrogen-bond acceptors (Lipinski definition) is 1. The van der Waals surface area contributed by atoms with Crippen LogP contribution in [-0.4, -0.2) is 5.54 Å². The van der Waals surface area contributed by atoms with E-state index in [9.17, 15) is 0 Å². The Morgan fingerprint density at radius 1 is 0.714 bits per heavy atom. The van der Waals surface area contributed by atoms with Crippen LogP contribution in [-0.2, 0) is 0 Å². The molecule has 1 heteroatoms. The molecule has 0 saturated heterocycles. The molecule has 1 atom stereocenters. The Hall–Kier alpha value is -0.0400. The normalized spacial score (nSPS) is 25.1. The highest BCUT2D eigenvalue weighted by Gasteiger charge is 2.42. The maximum absolute atomic E-state index is 6.75. The fourth-order valence-corrected chi connectivity index (χ4v) is 3.99. The fraction of sp³-hybridized carbons (Fsp3) is 1.00. The van der Waals surface area contributed by atoms with Gasteiger partial charge in [0.05, 0.1) is 0 Å². The first kappa shape index (κ1) is 19.0. The summed E-state index contributed by atoms with van der Waals surface area (Å²) >= 11 is 0. The molecule has 126 valence electrons. The van der Waals surface area contributed by atoms with Crippen LogP contribution in [0.2, 0.25) is 0 Å². The Morgan fingerprint density at radius 3 is 1.71 bits per heavy atom. The lowest BCUT2D eigenvalue weighted by Gasteiger charge is -2.48. The minimum absolute atomic E-state index is 0.116. The monoisotopic (exact) mass is 295 g/mol. The molecular formula is C20H41N. The molecule has 1 aliphatic carbocycles. The molecule has 0 bridgehead atoms. The summed E-state index contributed by atoms with van der Waals surface area (Å²) in [5.41, 5.74) is 7.21. The summed E-state index contributed by atoms with van der Waals surface area (Å²) in [6.07, 6.45) is 20.7. The first-order valence-corrected chi connectivity index (χ1v) is 9.81. The standard InChI is InChI=1S/C20H41N/c1-4-5-6-7-8-9-10-11-12-13-17-20(21)18-15-14-16-19(20,2)3/h4-18,21H2,1-3H3. The molecule has 0 aromatic carbocycles. The summed E-state index contributed by atoms with van der Waals surface area (Å²) in [5.74, 6) is 0. The summed E-state index contributed by atoms with van der Waals surface area (Å²) in [7, 11) is 0. The molecular weight excluding hydrogens is 254 g/mol. The largest absolute Gasteiger partial charge is 0.325 e. The van der Waals surface area contributed by atoms with Crippen molar-refractivity contribution in [3.05, 3.63) is 0 Å². The minimum Gasteiger partial charge on any atom is -0.325 e. The van der Waals surface area contributed by atoms with E-state index in [-0.39, 0.29) is 5.54 Å². The van der Waals surface area contributed by atoms with Crippen LogP contribution < -0.4 is 5.73 Å². The van der Waals surface area contributed by atoms with Gasteiger partial charge in [0.15, 0.2) is 0 Å². The highest BCUT2D eigenvalue weighted by atomic mass is 14.8. The van der Waals surface area contributed by atoms with Crippen LogP contribution in [0.3, 0.4) is 0 Å². The molecule has 1 saturated carbocycles. The van der Waals surface area contributed by atoms with E-state index in [4.69, 9.17) is 5.73 Å². The maximum atomic E-state index is 6.75. The summed E-state index contributed by atoms with van der Waals surface area (Å²) < 4.78 is 0. The molecule has 1 aliphatic rings. The smallest absolute Gasteiger partial charge is 0.0206 e. The number of unbranched alkanes of at least 4 members (excludes halogenated alkanes) is 9. The van der Waals surface area contributed by atoms with Crippen molar-refractivity contribution in [1.29, 1.82) is 0 Å². The molecule has 0 aromatic rings. The van der Waals surface area contributed by atoms with Crippen LogP contribution in [0.5, 0.6) is 0 Å². The number of nitrogens with two attached hydrogens (primary N) is 1. The molecule has 1 nitrogen and oxygen atoms in total. The first-order valence-electron chi connectivity index (χ1n) is 9.81. The second-order valence-electron chi connectivity index (χ2n) is 8.18. The van der Waals surface area contributed by atoms with Crippen molar-refractivity contribution >= 4 is 0 Å². The summed E-state index contributed by atoms with van der Waals surface area (Å²) in [6, 6.07) is 0. The zero-order chi connectivity index (χ0) is 15.6. The minimum atomic E-state index is 0.116. The van der Waals surface area contributed by atoms with Crippen molar-refractivity contribution < 1.29 is 0 Å². The Morgan fingerprint density at radius 2 is 1.19 bits per heavy atom. The molecule has 2 N–H and O–H groups in total. The SMILES string of the molecule is CCCCCCCCCCCCC1(N)CCCCC1(C)C. The van der Waals surface area contributed by atoms with Crippen LogP contribution in [0.1, 0.15) is 117 Å². The van der Waals surface area contributed by atoms with E-state index in [0.717, 1.165) is 0 Å². The van der Waals surface area contributed by atoms with Crippen LogP contribution in [0, 0.1) is 5.41 Å². The Balaban J connectivity index is 2.01. The predicted octanol–water partition coefficient (Wildman–Crippen LogP) is 6.60. The average molecular weight is 296 g/mol. The van der Waals surface area contributed by atoms with Gasteiger partial charge in [0, 0.05) is 5.54 Å². The molecule has 1 unspecified atom stereocenters. The third-order valence-electron chi connectivity index (χ3n) is 6.00. The van der Waals surface area contributed by atoms with E-state index < -0.39 is 0 Å². The molecule has 0 aliphatic heterocycles. The lowest BCUT2D eigenvalue weighted by atomic mass is 9.62. The van der Waals surface area contributed by atoms with Crippen molar-refractivity contribution in [3.8, 4) is 0 Å². The van der Waals surface area contributed by atoms with Crippen LogP contribution >= 0.6 is 0 Å². The summed E-state index contributed by atoms with van der Waals surface area (Å²) in [5, 5.41) is 0. The van der Waals surface area contributed by atoms with Gasteiger partial charge in [-0.2, -0.15) is 0 Å². The van der Waals surface area contributed by atoms with Crippen LogP contribution in [0.15, 0.2) is 0 Å². The van der Waals surface area contributed by atoms with E-state index in [1.54, 1.807) is 0 Å². The van der Waals surface area contributed by atoms with Crippen molar-refractivity contribution in [2.24, 2.45) is 11.1 Å². The second kappa shape index (κ2) is 9.87. The third-order valence-corrected chi connectivity index (χ3v) is 6.00. The maximum Gasteiger partial charge on any atom is 0.0206 e. The van der Waals surface area contributed by atoms with Gasteiger partial charge >= 0.3 is 0 Å². The van der Waals surface area contributed by atoms with Crippen molar-refractivity contribution in [1.82, 2.24) is 0 Å². The van der Waals surface area contributed by atoms with Gasteiger partial charge < -0.3 is 5.73 Å². The van der Waals surface area contributed by atoms with Crippen molar-refractivity contribution in [2.75, 3.05) is 0 Å². The lowest BCUT2D eigenvalue weighted by molar-refractivity contribution is 0.0879. The van der Waals surface area contributed by atoms with Gasteiger partial charge in [0.25, 0.3) is 0 Å². The fourth-order valence-electron chi connectivity index (χ4n) is 3.99. The van der Waals surface area contributed by atoms with Gasteiger partial charge in [-0.1, -0.05) is 97.8 Å². The third kappa shape index (κ3) is 6.72. The molecule has 1 rings (SSSR count). The summed E-state index contributed by atoms with van der Waals surface area (Å²) in [6.45, 7) is 7.07. The van der Waals surface area contributed by atoms with Gasteiger partial charge in [0.2, 0.25) is 0 Å². The first-order chi connectivity index (χ1) is 10.0. The molecule has 21 heavy (non-hydrogen) atoms. The highest BCUT2D eigenvalue weighted by molar-refractivity contribution is 4.99. The van der Waals surface area contributed by atoms with E-state index in [0.29, 0.717) is 5.41 Å². The van der Waals surface area contributed by atoms with Gasteiger partial charge in [-0.25, -0.2) is 0 Å². The molecule has 0 aromatic heterocycles. The van der Waals surface area contributed by atoms with Crippen molar-refractivity contribution in [2.45, 2.75) is 123 Å². The molecule has 0 heterocycles. The average Bonchev–Trinajstić information content (AvgIpc) is 2.44. The Bertz CT molecular complexity index is 259. The van der Waals surface area contributed by atoms with Gasteiger partial charge in [-0.05, 0) is 24.7 Å². The topological polar surface area (TPSA) is 26.0 Å².